The van der Waals surface area contributed by atoms with E-state index >= 15 is 0 Å². The Morgan fingerprint density at radius 2 is 1.80 bits per heavy atom. The average Bonchev–Trinajstić information content (AvgIpc) is 3.57. The Morgan fingerprint density at radius 3 is 2.55 bits per heavy atom. The van der Waals surface area contributed by atoms with Gasteiger partial charge >= 0.3 is 6.09 Å². The van der Waals surface area contributed by atoms with Gasteiger partial charge in [-0.15, -0.1) is 0 Å². The summed E-state index contributed by atoms with van der Waals surface area (Å²) in [5.74, 6) is -3.16. The smallest absolute Gasteiger partial charge is 0.409 e. The van der Waals surface area contributed by atoms with Crippen molar-refractivity contribution in [1.82, 2.24) is 14.7 Å². The van der Waals surface area contributed by atoms with E-state index in [0.717, 1.165) is 0 Å². The molecule has 3 saturated heterocycles. The molecule has 7 rings (SSSR count). The largest absolute Gasteiger partial charge is 0.507 e. The minimum Gasteiger partial charge on any atom is -0.507 e. The number of nitrogens with one attached hydrogen (secondary N) is 1. The summed E-state index contributed by atoms with van der Waals surface area (Å²) in [6.07, 6.45) is -3.23. The van der Waals surface area contributed by atoms with Crippen molar-refractivity contribution in [3.05, 3.63) is 51.6 Å². The second-order valence-electron chi connectivity index (χ2n) is 14.5. The van der Waals surface area contributed by atoms with Gasteiger partial charge in [0.2, 0.25) is 5.91 Å². The van der Waals surface area contributed by atoms with Crippen molar-refractivity contribution in [3.63, 3.8) is 0 Å². The van der Waals surface area contributed by atoms with Crippen molar-refractivity contribution >= 4 is 29.3 Å². The Kier molecular flexibility index (Phi) is 10.9. The molecule has 3 unspecified atom stereocenters. The lowest BCUT2D eigenvalue weighted by molar-refractivity contribution is -0.243. The molecular weight excluding hydrogens is 720 g/mol. The average molecular weight is 767 g/mol. The predicted molar refractivity (Wildman–Crippen MR) is 190 cm³/mol. The van der Waals surface area contributed by atoms with Gasteiger partial charge in [0, 0.05) is 68.8 Å². The third kappa shape index (κ3) is 6.93. The number of nitrogens with zero attached hydrogens (tertiary/aromatic N) is 3. The van der Waals surface area contributed by atoms with E-state index in [4.69, 9.17) is 38.9 Å². The van der Waals surface area contributed by atoms with E-state index in [-0.39, 0.29) is 95.3 Å². The number of amides is 2. The van der Waals surface area contributed by atoms with Crippen LogP contribution in [0.5, 0.6) is 17.2 Å². The molecule has 296 valence electrons. The van der Waals surface area contributed by atoms with Gasteiger partial charge in [-0.1, -0.05) is 12.1 Å². The Balaban J connectivity index is 1.18. The number of ether oxygens (including phenoxy) is 6. The van der Waals surface area contributed by atoms with Crippen LogP contribution >= 0.6 is 0 Å². The highest BCUT2D eigenvalue weighted by Gasteiger charge is 2.51. The zero-order valence-corrected chi connectivity index (χ0v) is 31.1. The second-order valence-corrected chi connectivity index (χ2v) is 14.5. The number of aromatic hydroxyl groups is 2. The maximum absolute atomic E-state index is 14.0. The normalized spacial score (nSPS) is 26.9. The number of phenols is 2. The minimum absolute atomic E-state index is 0.000715. The van der Waals surface area contributed by atoms with Crippen molar-refractivity contribution in [1.29, 1.82) is 5.41 Å². The van der Waals surface area contributed by atoms with Gasteiger partial charge in [0.25, 0.3) is 0 Å². The molecule has 2 amide bonds. The number of morpholine rings is 1. The zero-order valence-electron chi connectivity index (χ0n) is 31.1. The van der Waals surface area contributed by atoms with Crippen LogP contribution in [0.3, 0.4) is 0 Å². The molecule has 17 nitrogen and oxygen atoms in total. The first-order valence-corrected chi connectivity index (χ1v) is 18.3. The van der Waals surface area contributed by atoms with Gasteiger partial charge in [-0.2, -0.15) is 0 Å². The van der Waals surface area contributed by atoms with E-state index in [1.54, 1.807) is 12.1 Å². The molecule has 3 heterocycles. The van der Waals surface area contributed by atoms with Gasteiger partial charge in [-0.25, -0.2) is 4.79 Å². The third-order valence-electron chi connectivity index (χ3n) is 11.3. The summed E-state index contributed by atoms with van der Waals surface area (Å²) in [6.45, 7) is 2.46. The van der Waals surface area contributed by atoms with Crippen LogP contribution in [0.1, 0.15) is 64.0 Å². The van der Waals surface area contributed by atoms with Crippen LogP contribution in [0.15, 0.2) is 18.2 Å². The van der Waals surface area contributed by atoms with Gasteiger partial charge < -0.3 is 53.5 Å². The Morgan fingerprint density at radius 1 is 1.04 bits per heavy atom. The number of benzene rings is 2. The van der Waals surface area contributed by atoms with Crippen LogP contribution in [0.4, 0.5) is 4.79 Å². The van der Waals surface area contributed by atoms with Crippen molar-refractivity contribution < 1.29 is 62.9 Å². The molecule has 0 saturated carbocycles. The molecule has 17 heteroatoms. The number of carbonyl (C=O) groups is 4. The summed E-state index contributed by atoms with van der Waals surface area (Å²) >= 11 is 0. The maximum Gasteiger partial charge on any atom is 0.409 e. The van der Waals surface area contributed by atoms with Crippen molar-refractivity contribution in [2.75, 3.05) is 67.3 Å². The first-order valence-electron chi connectivity index (χ1n) is 18.3. The van der Waals surface area contributed by atoms with E-state index in [1.165, 1.54) is 37.1 Å². The number of aliphatic hydroxyl groups is 1. The number of hydrogen-bond acceptors (Lipinski definition) is 15. The van der Waals surface area contributed by atoms with Gasteiger partial charge in [0.05, 0.1) is 54.9 Å². The monoisotopic (exact) mass is 766 g/mol. The summed E-state index contributed by atoms with van der Waals surface area (Å²) in [7, 11) is 4.34. The lowest BCUT2D eigenvalue weighted by atomic mass is 9.73. The van der Waals surface area contributed by atoms with Gasteiger partial charge in [0.15, 0.2) is 24.5 Å². The van der Waals surface area contributed by atoms with Crippen LogP contribution in [0.25, 0.3) is 0 Å². The number of carbonyl (C=O) groups excluding carboxylic acids is 4. The van der Waals surface area contributed by atoms with Crippen LogP contribution < -0.4 is 4.74 Å². The third-order valence-corrected chi connectivity index (χ3v) is 11.3. The molecule has 55 heavy (non-hydrogen) atoms. The number of likely N-dealkylation sites (N-methyl/N-ethyl adjacent to an activating group) is 2. The van der Waals surface area contributed by atoms with Crippen molar-refractivity contribution in [3.8, 4) is 17.2 Å². The zero-order chi connectivity index (χ0) is 39.3. The Labute approximate surface area is 317 Å². The highest BCUT2D eigenvalue weighted by atomic mass is 16.7. The fraction of sp³-hybridized carbons (Fsp3) is 0.553. The second kappa shape index (κ2) is 15.5. The number of methoxy groups -OCH3 is 1. The molecule has 0 aromatic heterocycles. The number of phenolic OH excluding ortho intramolecular Hbond substituents is 2. The highest BCUT2D eigenvalue weighted by Crippen LogP contribution is 2.52. The first-order chi connectivity index (χ1) is 26.3. The maximum atomic E-state index is 14.0. The SMILES string of the molecule is COc1cccc2c1C(=N)c1c(O)c3c(c(O)c1C2=O)CC(C(=O)COC(=O)N(C)CCN(C)C(=O)CO)C[C@@H]3OC1C[C@H]2[C@H](OC3COCCN32)[C@H](C)O1. The molecule has 0 spiro atoms. The topological polar surface area (TPSA) is 218 Å². The summed E-state index contributed by atoms with van der Waals surface area (Å²) in [4.78, 5) is 56.9. The van der Waals surface area contributed by atoms with Crippen LogP contribution in [-0.4, -0.2) is 157 Å². The summed E-state index contributed by atoms with van der Waals surface area (Å²) in [5, 5.41) is 42.1. The number of ketones is 2. The summed E-state index contributed by atoms with van der Waals surface area (Å²) < 4.78 is 35.6. The lowest BCUT2D eigenvalue weighted by Gasteiger charge is -2.41. The standard InChI is InChI=1S/C38H46N4O13/c1-18-37-22(42-10-11-51-17-27(42)55-37)14-28(53-18)54-25-13-19(23(44)16-52-38(49)41(3)9-8-40(2)26(45)15-43)12-21-30(25)36(48)31-32(35(21)47)34(46)20-6-5-7-24(50-4)29(20)33(31)39/h5-7,18-19,22,25,27-28,37,39,43,47-48H,8-17H2,1-4H3/t18-,19?,22-,25-,27?,28?,37+/m0/s1. The van der Waals surface area contributed by atoms with Gasteiger partial charge in [-0.05, 0) is 25.8 Å². The number of Topliss-reactive ketones (excluding diaryl/α,β-unsaturated/α-hetero) is 1. The van der Waals surface area contributed by atoms with E-state index < -0.39 is 66.6 Å². The van der Waals surface area contributed by atoms with E-state index in [0.29, 0.717) is 26.2 Å². The fourth-order valence-corrected chi connectivity index (χ4v) is 8.38. The van der Waals surface area contributed by atoms with Crippen LogP contribution in [0.2, 0.25) is 0 Å². The van der Waals surface area contributed by atoms with Crippen LogP contribution in [0, 0.1) is 11.3 Å². The lowest BCUT2D eigenvalue weighted by Crippen LogP contribution is -2.52. The minimum atomic E-state index is -1.05. The first kappa shape index (κ1) is 38.6. The fourth-order valence-electron chi connectivity index (χ4n) is 8.38. The molecule has 2 aliphatic carbocycles. The number of hydrogen-bond donors (Lipinski definition) is 4. The molecule has 3 fully saturated rings. The van der Waals surface area contributed by atoms with E-state index in [1.807, 2.05) is 6.92 Å². The molecule has 0 radical (unpaired) electrons. The Hall–Kier alpha value is -4.65. The summed E-state index contributed by atoms with van der Waals surface area (Å²) in [6, 6.07) is 4.66. The molecule has 7 atom stereocenters. The van der Waals surface area contributed by atoms with Crippen LogP contribution in [-0.2, 0) is 39.7 Å². The number of fused-ring (bicyclic) bond motifs is 6. The predicted octanol–water partition coefficient (Wildman–Crippen LogP) is 1.34. The van der Waals surface area contributed by atoms with Crippen molar-refractivity contribution in [2.45, 2.75) is 63.1 Å². The van der Waals surface area contributed by atoms with E-state index in [2.05, 4.69) is 4.90 Å². The molecular formula is C38H46N4O13. The quantitative estimate of drug-likeness (QED) is 0.214. The van der Waals surface area contributed by atoms with E-state index in [9.17, 15) is 29.4 Å². The molecule has 5 aliphatic rings. The highest BCUT2D eigenvalue weighted by molar-refractivity contribution is 6.32. The van der Waals surface area contributed by atoms with Gasteiger partial charge in [0.1, 0.15) is 36.2 Å². The van der Waals surface area contributed by atoms with Gasteiger partial charge in [-0.3, -0.25) is 24.7 Å². The summed E-state index contributed by atoms with van der Waals surface area (Å²) in [5.41, 5.74) is -0.114. The number of rotatable bonds is 10. The molecule has 2 aromatic rings. The molecule has 4 N–H and O–H groups in total. The molecule has 3 aliphatic heterocycles. The van der Waals surface area contributed by atoms with Crippen molar-refractivity contribution in [2.24, 2.45) is 5.92 Å². The molecule has 2 aromatic carbocycles. The number of aliphatic hydroxyl groups excluding tert-OH is 1. The Bertz CT molecular complexity index is 1900. The molecule has 0 bridgehead atoms.